The minimum absolute atomic E-state index is 0.337. The van der Waals surface area contributed by atoms with E-state index in [1.54, 1.807) is 19.1 Å². The summed E-state index contributed by atoms with van der Waals surface area (Å²) in [5.41, 5.74) is 5.79. The standard InChI is InChI=1S/C27H24O4/c1-4-26(28)30-18-17-20-5-7-21(8-6-20)22-9-11-23(12-10-22)24-13-15-25(16-14-24)31-27(29)19(2)3/h4-16H,1-2,17-18H2,3H3. The van der Waals surface area contributed by atoms with Gasteiger partial charge in [-0.3, -0.25) is 0 Å². The predicted molar refractivity (Wildman–Crippen MR) is 123 cm³/mol. The van der Waals surface area contributed by atoms with Gasteiger partial charge in [0.15, 0.2) is 0 Å². The Bertz CT molecular complexity index is 1080. The van der Waals surface area contributed by atoms with Crippen molar-refractivity contribution in [3.63, 3.8) is 0 Å². The highest BCUT2D eigenvalue weighted by atomic mass is 16.5. The average Bonchev–Trinajstić information content (AvgIpc) is 2.80. The van der Waals surface area contributed by atoms with E-state index in [1.807, 2.05) is 24.3 Å². The molecule has 3 aromatic carbocycles. The summed E-state index contributed by atoms with van der Waals surface area (Å²) in [6.07, 6.45) is 1.83. The van der Waals surface area contributed by atoms with E-state index in [0.29, 0.717) is 24.4 Å². The van der Waals surface area contributed by atoms with E-state index in [1.165, 1.54) is 6.08 Å². The lowest BCUT2D eigenvalue weighted by Gasteiger charge is -2.08. The summed E-state index contributed by atoms with van der Waals surface area (Å²) in [5.74, 6) is -0.340. The SMILES string of the molecule is C=CC(=O)OCCc1ccc(-c2ccc(-c3ccc(OC(=O)C(=C)C)cc3)cc2)cc1. The molecule has 0 bridgehead atoms. The molecule has 31 heavy (non-hydrogen) atoms. The molecule has 0 saturated carbocycles. The molecule has 0 aliphatic heterocycles. The molecule has 0 aliphatic carbocycles. The molecule has 4 nitrogen and oxygen atoms in total. The minimum atomic E-state index is -0.430. The van der Waals surface area contributed by atoms with E-state index in [9.17, 15) is 9.59 Å². The maximum atomic E-state index is 11.6. The lowest BCUT2D eigenvalue weighted by atomic mass is 9.99. The second-order valence-corrected chi connectivity index (χ2v) is 7.09. The van der Waals surface area contributed by atoms with E-state index >= 15 is 0 Å². The van der Waals surface area contributed by atoms with Crippen LogP contribution >= 0.6 is 0 Å². The van der Waals surface area contributed by atoms with Crippen molar-refractivity contribution in [3.8, 4) is 28.0 Å². The molecule has 0 radical (unpaired) electrons. The van der Waals surface area contributed by atoms with Crippen molar-refractivity contribution < 1.29 is 19.1 Å². The van der Waals surface area contributed by atoms with E-state index in [2.05, 4.69) is 49.6 Å². The van der Waals surface area contributed by atoms with Gasteiger partial charge in [0.25, 0.3) is 0 Å². The zero-order valence-electron chi connectivity index (χ0n) is 17.5. The van der Waals surface area contributed by atoms with E-state index in [0.717, 1.165) is 27.8 Å². The number of hydrogen-bond acceptors (Lipinski definition) is 4. The summed E-state index contributed by atoms with van der Waals surface area (Å²) in [5, 5.41) is 0. The number of hydrogen-bond donors (Lipinski definition) is 0. The van der Waals surface area contributed by atoms with Crippen LogP contribution < -0.4 is 4.74 Å². The van der Waals surface area contributed by atoms with Crippen LogP contribution in [0.3, 0.4) is 0 Å². The van der Waals surface area contributed by atoms with E-state index < -0.39 is 11.9 Å². The zero-order valence-corrected chi connectivity index (χ0v) is 17.5. The topological polar surface area (TPSA) is 52.6 Å². The van der Waals surface area contributed by atoms with Crippen LogP contribution in [0.2, 0.25) is 0 Å². The molecular formula is C27H24O4. The lowest BCUT2D eigenvalue weighted by molar-refractivity contribution is -0.137. The first-order valence-electron chi connectivity index (χ1n) is 9.93. The van der Waals surface area contributed by atoms with Gasteiger partial charge in [-0.05, 0) is 46.9 Å². The normalized spacial score (nSPS) is 10.2. The van der Waals surface area contributed by atoms with Crippen molar-refractivity contribution in [2.45, 2.75) is 13.3 Å². The summed E-state index contributed by atoms with van der Waals surface area (Å²) in [6.45, 7) is 8.92. The first-order valence-corrected chi connectivity index (χ1v) is 9.93. The van der Waals surface area contributed by atoms with Crippen molar-refractivity contribution in [2.24, 2.45) is 0 Å². The summed E-state index contributed by atoms with van der Waals surface area (Å²) in [6, 6.07) is 23.9. The molecule has 0 amide bonds. The van der Waals surface area contributed by atoms with Crippen molar-refractivity contribution in [1.29, 1.82) is 0 Å². The van der Waals surface area contributed by atoms with Gasteiger partial charge in [0.05, 0.1) is 6.61 Å². The largest absolute Gasteiger partial charge is 0.462 e. The van der Waals surface area contributed by atoms with Gasteiger partial charge in [-0.2, -0.15) is 0 Å². The van der Waals surface area contributed by atoms with E-state index in [4.69, 9.17) is 9.47 Å². The first kappa shape index (κ1) is 21.8. The Kier molecular flexibility index (Phi) is 7.17. The molecule has 0 saturated heterocycles. The van der Waals surface area contributed by atoms with E-state index in [-0.39, 0.29) is 0 Å². The Labute approximate surface area is 182 Å². The van der Waals surface area contributed by atoms with Crippen LogP contribution in [0.15, 0.2) is 97.6 Å². The van der Waals surface area contributed by atoms with Crippen molar-refractivity contribution in [1.82, 2.24) is 0 Å². The Hall–Kier alpha value is -3.92. The second kappa shape index (κ2) is 10.2. The summed E-state index contributed by atoms with van der Waals surface area (Å²) >= 11 is 0. The summed E-state index contributed by atoms with van der Waals surface area (Å²) < 4.78 is 10.2. The van der Waals surface area contributed by atoms with Gasteiger partial charge in [-0.1, -0.05) is 73.8 Å². The molecule has 156 valence electrons. The van der Waals surface area contributed by atoms with Gasteiger partial charge in [0.2, 0.25) is 0 Å². The van der Waals surface area contributed by atoms with Crippen LogP contribution in [0.25, 0.3) is 22.3 Å². The molecule has 3 aromatic rings. The molecule has 0 unspecified atom stereocenters. The fourth-order valence-corrected chi connectivity index (χ4v) is 2.96. The van der Waals surface area contributed by atoms with Crippen LogP contribution in [0.1, 0.15) is 12.5 Å². The quantitative estimate of drug-likeness (QED) is 0.268. The monoisotopic (exact) mass is 412 g/mol. The Morgan fingerprint density at radius 3 is 1.71 bits per heavy atom. The number of benzene rings is 3. The molecule has 0 spiro atoms. The van der Waals surface area contributed by atoms with Crippen molar-refractivity contribution >= 4 is 11.9 Å². The van der Waals surface area contributed by atoms with Crippen LogP contribution in [-0.2, 0) is 20.7 Å². The second-order valence-electron chi connectivity index (χ2n) is 7.09. The first-order chi connectivity index (χ1) is 15.0. The average molecular weight is 412 g/mol. The fraction of sp³-hybridized carbons (Fsp3) is 0.111. The molecule has 0 heterocycles. The van der Waals surface area contributed by atoms with Crippen molar-refractivity contribution in [3.05, 3.63) is 103 Å². The molecule has 0 N–H and O–H groups in total. The van der Waals surface area contributed by atoms with Crippen LogP contribution in [0, 0.1) is 0 Å². The predicted octanol–water partition coefficient (Wildman–Crippen LogP) is 5.77. The van der Waals surface area contributed by atoms with Gasteiger partial charge < -0.3 is 9.47 Å². The minimum Gasteiger partial charge on any atom is -0.462 e. The number of esters is 2. The van der Waals surface area contributed by atoms with Gasteiger partial charge in [0, 0.05) is 18.1 Å². The molecule has 0 aromatic heterocycles. The summed E-state index contributed by atoms with van der Waals surface area (Å²) in [7, 11) is 0. The van der Waals surface area contributed by atoms with Gasteiger partial charge in [-0.25, -0.2) is 9.59 Å². The number of ether oxygens (including phenoxy) is 2. The van der Waals surface area contributed by atoms with Gasteiger partial charge in [0.1, 0.15) is 5.75 Å². The van der Waals surface area contributed by atoms with Crippen LogP contribution in [0.4, 0.5) is 0 Å². The number of rotatable bonds is 8. The number of carbonyl (C=O) groups excluding carboxylic acids is 2. The van der Waals surface area contributed by atoms with Crippen LogP contribution in [0.5, 0.6) is 5.75 Å². The number of carbonyl (C=O) groups is 2. The third-order valence-corrected chi connectivity index (χ3v) is 4.72. The molecule has 0 fully saturated rings. The molecule has 0 atom stereocenters. The zero-order chi connectivity index (χ0) is 22.2. The third kappa shape index (κ3) is 6.03. The Morgan fingerprint density at radius 1 is 0.806 bits per heavy atom. The van der Waals surface area contributed by atoms with Crippen LogP contribution in [-0.4, -0.2) is 18.5 Å². The molecular weight excluding hydrogens is 388 g/mol. The van der Waals surface area contributed by atoms with Crippen molar-refractivity contribution in [2.75, 3.05) is 6.61 Å². The maximum absolute atomic E-state index is 11.6. The highest BCUT2D eigenvalue weighted by molar-refractivity contribution is 5.88. The maximum Gasteiger partial charge on any atom is 0.338 e. The third-order valence-electron chi connectivity index (χ3n) is 4.72. The molecule has 4 heteroatoms. The summed E-state index contributed by atoms with van der Waals surface area (Å²) in [4.78, 5) is 22.7. The highest BCUT2D eigenvalue weighted by Crippen LogP contribution is 2.27. The van der Waals surface area contributed by atoms with Gasteiger partial charge >= 0.3 is 11.9 Å². The highest BCUT2D eigenvalue weighted by Gasteiger charge is 2.06. The van der Waals surface area contributed by atoms with Gasteiger partial charge in [-0.15, -0.1) is 0 Å². The molecule has 0 aliphatic rings. The smallest absolute Gasteiger partial charge is 0.338 e. The Morgan fingerprint density at radius 2 is 1.26 bits per heavy atom. The fourth-order valence-electron chi connectivity index (χ4n) is 2.96. The lowest BCUT2D eigenvalue weighted by Crippen LogP contribution is -2.07. The Balaban J connectivity index is 1.63. The molecule has 3 rings (SSSR count).